The van der Waals surface area contributed by atoms with Crippen molar-refractivity contribution in [1.29, 1.82) is 0 Å². The summed E-state index contributed by atoms with van der Waals surface area (Å²) in [5.74, 6) is 0.0848. The molecule has 2 heterocycles. The Morgan fingerprint density at radius 1 is 1.40 bits per heavy atom. The van der Waals surface area contributed by atoms with Crippen LogP contribution in [0.4, 0.5) is 5.69 Å². The number of benzene rings is 1. The van der Waals surface area contributed by atoms with Gasteiger partial charge in [0.1, 0.15) is 0 Å². The molecule has 2 N–H and O–H groups in total. The topological polar surface area (TPSA) is 46.3 Å². The Morgan fingerprint density at radius 2 is 2.25 bits per heavy atom. The van der Waals surface area contributed by atoms with Gasteiger partial charge in [0.05, 0.1) is 6.04 Å². The predicted octanol–water partition coefficient (Wildman–Crippen LogP) is 4.07. The molecule has 1 aromatic heterocycles. The van der Waals surface area contributed by atoms with E-state index in [2.05, 4.69) is 27.4 Å². The number of rotatable bonds is 2. The van der Waals surface area contributed by atoms with Gasteiger partial charge in [-0.05, 0) is 58.4 Å². The monoisotopic (exact) mass is 350 g/mol. The molecule has 2 aromatic rings. The number of nitrogens with two attached hydrogens (primary N) is 1. The van der Waals surface area contributed by atoms with Gasteiger partial charge < -0.3 is 10.6 Å². The normalized spacial score (nSPS) is 18.4. The van der Waals surface area contributed by atoms with Crippen molar-refractivity contribution in [3.63, 3.8) is 0 Å². The lowest BCUT2D eigenvalue weighted by Crippen LogP contribution is -2.30. The van der Waals surface area contributed by atoms with Crippen LogP contribution in [0.15, 0.2) is 40.2 Å². The highest BCUT2D eigenvalue weighted by Gasteiger charge is 2.31. The summed E-state index contributed by atoms with van der Waals surface area (Å²) >= 11 is 5.10. The van der Waals surface area contributed by atoms with E-state index in [1.165, 1.54) is 4.88 Å². The molecule has 3 rings (SSSR count). The van der Waals surface area contributed by atoms with Crippen LogP contribution < -0.4 is 5.73 Å². The van der Waals surface area contributed by atoms with Crippen molar-refractivity contribution in [2.45, 2.75) is 18.9 Å². The molecular formula is C15H15BrN2OS. The maximum absolute atomic E-state index is 12.7. The molecule has 0 radical (unpaired) electrons. The van der Waals surface area contributed by atoms with E-state index in [1.54, 1.807) is 23.5 Å². The predicted molar refractivity (Wildman–Crippen MR) is 85.9 cm³/mol. The summed E-state index contributed by atoms with van der Waals surface area (Å²) in [4.78, 5) is 15.9. The van der Waals surface area contributed by atoms with Gasteiger partial charge in [-0.3, -0.25) is 4.79 Å². The summed E-state index contributed by atoms with van der Waals surface area (Å²) in [6, 6.07) is 9.75. The maximum atomic E-state index is 12.7. The molecule has 1 aliphatic rings. The minimum atomic E-state index is 0.0848. The van der Waals surface area contributed by atoms with Crippen LogP contribution in [0.2, 0.25) is 0 Å². The second-order valence-corrected chi connectivity index (χ2v) is 6.74. The Kier molecular flexibility index (Phi) is 3.81. The number of thiophene rings is 1. The number of hydrogen-bond acceptors (Lipinski definition) is 3. The zero-order chi connectivity index (χ0) is 14.1. The number of amides is 1. The van der Waals surface area contributed by atoms with E-state index in [-0.39, 0.29) is 11.9 Å². The number of halogens is 1. The van der Waals surface area contributed by atoms with Gasteiger partial charge >= 0.3 is 0 Å². The summed E-state index contributed by atoms with van der Waals surface area (Å²) in [5, 5.41) is 2.07. The van der Waals surface area contributed by atoms with Crippen molar-refractivity contribution in [3.05, 3.63) is 50.6 Å². The molecule has 1 aromatic carbocycles. The number of nitrogens with zero attached hydrogens (tertiary/aromatic N) is 1. The molecule has 104 valence electrons. The van der Waals surface area contributed by atoms with Gasteiger partial charge in [-0.1, -0.05) is 6.07 Å². The molecule has 3 nitrogen and oxygen atoms in total. The first kappa shape index (κ1) is 13.6. The van der Waals surface area contributed by atoms with Gasteiger partial charge in [0.2, 0.25) is 0 Å². The minimum absolute atomic E-state index is 0.0848. The molecule has 1 amide bonds. The Balaban J connectivity index is 1.87. The van der Waals surface area contributed by atoms with Crippen molar-refractivity contribution in [2.75, 3.05) is 12.3 Å². The lowest BCUT2D eigenvalue weighted by Gasteiger charge is -2.24. The van der Waals surface area contributed by atoms with Crippen molar-refractivity contribution in [3.8, 4) is 0 Å². The molecule has 0 bridgehead atoms. The lowest BCUT2D eigenvalue weighted by atomic mass is 10.1. The third kappa shape index (κ3) is 2.47. The summed E-state index contributed by atoms with van der Waals surface area (Å²) in [6.45, 7) is 0.823. The minimum Gasteiger partial charge on any atom is -0.398 e. The number of carbonyl (C=O) groups excluding carboxylic acids is 1. The first-order valence-corrected chi connectivity index (χ1v) is 8.23. The average Bonchev–Trinajstić information content (AvgIpc) is 3.10. The van der Waals surface area contributed by atoms with Crippen molar-refractivity contribution >= 4 is 38.9 Å². The summed E-state index contributed by atoms with van der Waals surface area (Å²) < 4.78 is 0.773. The van der Waals surface area contributed by atoms with Gasteiger partial charge in [0.25, 0.3) is 5.91 Å². The number of nitrogen functional groups attached to an aromatic ring is 1. The van der Waals surface area contributed by atoms with E-state index in [0.717, 1.165) is 23.9 Å². The Bertz CT molecular complexity index is 627. The van der Waals surface area contributed by atoms with E-state index in [9.17, 15) is 4.79 Å². The Hall–Kier alpha value is -1.33. The van der Waals surface area contributed by atoms with E-state index >= 15 is 0 Å². The van der Waals surface area contributed by atoms with Gasteiger partial charge in [0, 0.05) is 27.1 Å². The number of carbonyl (C=O) groups is 1. The van der Waals surface area contributed by atoms with Gasteiger partial charge in [-0.2, -0.15) is 0 Å². The fourth-order valence-corrected chi connectivity index (χ4v) is 3.86. The maximum Gasteiger partial charge on any atom is 0.254 e. The Labute approximate surface area is 130 Å². The molecule has 5 heteroatoms. The first-order chi connectivity index (χ1) is 9.66. The second-order valence-electron chi connectivity index (χ2n) is 4.91. The van der Waals surface area contributed by atoms with Crippen LogP contribution in [-0.4, -0.2) is 17.4 Å². The fourth-order valence-electron chi connectivity index (χ4n) is 2.61. The molecule has 0 aliphatic carbocycles. The average molecular weight is 351 g/mol. The van der Waals surface area contributed by atoms with Crippen LogP contribution in [-0.2, 0) is 0 Å². The van der Waals surface area contributed by atoms with E-state index in [1.807, 2.05) is 17.0 Å². The number of likely N-dealkylation sites (tertiary alicyclic amines) is 1. The van der Waals surface area contributed by atoms with E-state index in [4.69, 9.17) is 5.73 Å². The second kappa shape index (κ2) is 5.58. The Morgan fingerprint density at radius 3 is 2.95 bits per heavy atom. The summed E-state index contributed by atoms with van der Waals surface area (Å²) in [6.07, 6.45) is 2.10. The SMILES string of the molecule is Nc1ccc(C(=O)N2CCCC2c2cccs2)cc1Br. The first-order valence-electron chi connectivity index (χ1n) is 6.56. The summed E-state index contributed by atoms with van der Waals surface area (Å²) in [7, 11) is 0. The number of anilines is 1. The number of hydrogen-bond donors (Lipinski definition) is 1. The van der Waals surface area contributed by atoms with Crippen LogP contribution in [0.25, 0.3) is 0 Å². The molecule has 1 saturated heterocycles. The highest BCUT2D eigenvalue weighted by atomic mass is 79.9. The smallest absolute Gasteiger partial charge is 0.254 e. The third-order valence-electron chi connectivity index (χ3n) is 3.63. The van der Waals surface area contributed by atoms with Crippen molar-refractivity contribution in [1.82, 2.24) is 4.90 Å². The molecule has 1 aliphatic heterocycles. The van der Waals surface area contributed by atoms with Crippen molar-refractivity contribution in [2.24, 2.45) is 0 Å². The van der Waals surface area contributed by atoms with Crippen LogP contribution in [0.3, 0.4) is 0 Å². The van der Waals surface area contributed by atoms with Crippen molar-refractivity contribution < 1.29 is 4.79 Å². The quantitative estimate of drug-likeness (QED) is 0.829. The highest BCUT2D eigenvalue weighted by molar-refractivity contribution is 9.10. The van der Waals surface area contributed by atoms with E-state index < -0.39 is 0 Å². The standard InChI is InChI=1S/C15H15BrN2OS/c16-11-9-10(5-6-12(11)17)15(19)18-7-1-3-13(18)14-4-2-8-20-14/h2,4-6,8-9,13H,1,3,7,17H2. The van der Waals surface area contributed by atoms with Gasteiger partial charge in [0.15, 0.2) is 0 Å². The molecule has 0 saturated carbocycles. The third-order valence-corrected chi connectivity index (χ3v) is 5.29. The molecule has 1 fully saturated rings. The highest BCUT2D eigenvalue weighted by Crippen LogP contribution is 2.35. The van der Waals surface area contributed by atoms with Gasteiger partial charge in [-0.25, -0.2) is 0 Å². The lowest BCUT2D eigenvalue weighted by molar-refractivity contribution is 0.0738. The molecular weight excluding hydrogens is 336 g/mol. The van der Waals surface area contributed by atoms with Crippen LogP contribution in [0, 0.1) is 0 Å². The van der Waals surface area contributed by atoms with Crippen LogP contribution >= 0.6 is 27.3 Å². The molecule has 20 heavy (non-hydrogen) atoms. The molecule has 1 unspecified atom stereocenters. The molecule has 1 atom stereocenters. The van der Waals surface area contributed by atoms with Gasteiger partial charge in [-0.15, -0.1) is 11.3 Å². The molecule has 0 spiro atoms. The van der Waals surface area contributed by atoms with E-state index in [0.29, 0.717) is 11.3 Å². The fraction of sp³-hybridized carbons (Fsp3) is 0.267. The zero-order valence-electron chi connectivity index (χ0n) is 10.9. The van der Waals surface area contributed by atoms with Crippen LogP contribution in [0.5, 0.6) is 0 Å². The largest absolute Gasteiger partial charge is 0.398 e. The van der Waals surface area contributed by atoms with Crippen LogP contribution in [0.1, 0.15) is 34.1 Å². The zero-order valence-corrected chi connectivity index (χ0v) is 13.3. The summed E-state index contributed by atoms with van der Waals surface area (Å²) in [5.41, 5.74) is 7.12.